The number of primary sulfonamides is 1. The van der Waals surface area contributed by atoms with Gasteiger partial charge < -0.3 is 5.32 Å². The van der Waals surface area contributed by atoms with Gasteiger partial charge in [-0.15, -0.1) is 0 Å². The standard InChI is InChI=1S/C13H28N2O2S/c1-3-5-6-11(4-2)9-12-7-8-13(10-15-12)18(14,16)17/h11-13,15H,3-10H2,1-2H3,(H2,14,16,17). The van der Waals surface area contributed by atoms with Crippen molar-refractivity contribution >= 4 is 10.0 Å². The average molecular weight is 276 g/mol. The minimum Gasteiger partial charge on any atom is -0.313 e. The van der Waals surface area contributed by atoms with Crippen molar-refractivity contribution in [2.24, 2.45) is 11.1 Å². The molecule has 5 heteroatoms. The van der Waals surface area contributed by atoms with Gasteiger partial charge in [-0.05, 0) is 25.2 Å². The first kappa shape index (κ1) is 15.9. The fraction of sp³-hybridized carbons (Fsp3) is 1.00. The highest BCUT2D eigenvalue weighted by atomic mass is 32.2. The molecule has 3 unspecified atom stereocenters. The molecule has 0 saturated carbocycles. The number of hydrogen-bond acceptors (Lipinski definition) is 3. The maximum absolute atomic E-state index is 11.3. The van der Waals surface area contributed by atoms with E-state index in [-0.39, 0.29) is 5.25 Å². The van der Waals surface area contributed by atoms with Crippen LogP contribution in [0.25, 0.3) is 0 Å². The summed E-state index contributed by atoms with van der Waals surface area (Å²) in [5.74, 6) is 0.772. The predicted molar refractivity (Wildman–Crippen MR) is 75.8 cm³/mol. The maximum Gasteiger partial charge on any atom is 0.213 e. The van der Waals surface area contributed by atoms with Crippen molar-refractivity contribution in [3.05, 3.63) is 0 Å². The van der Waals surface area contributed by atoms with E-state index in [1.165, 1.54) is 32.1 Å². The summed E-state index contributed by atoms with van der Waals surface area (Å²) in [6.45, 7) is 4.99. The van der Waals surface area contributed by atoms with Crippen LogP contribution in [-0.4, -0.2) is 26.3 Å². The fourth-order valence-electron chi connectivity index (χ4n) is 2.75. The van der Waals surface area contributed by atoms with E-state index in [9.17, 15) is 8.42 Å². The van der Waals surface area contributed by atoms with Crippen LogP contribution in [0.15, 0.2) is 0 Å². The Balaban J connectivity index is 2.34. The van der Waals surface area contributed by atoms with Gasteiger partial charge in [0.1, 0.15) is 0 Å². The second kappa shape index (κ2) is 7.46. The Labute approximate surface area is 112 Å². The topological polar surface area (TPSA) is 72.2 Å². The quantitative estimate of drug-likeness (QED) is 0.747. The summed E-state index contributed by atoms with van der Waals surface area (Å²) in [7, 11) is -3.36. The highest BCUT2D eigenvalue weighted by molar-refractivity contribution is 7.89. The molecular formula is C13H28N2O2S. The second-order valence-corrected chi connectivity index (χ2v) is 7.39. The number of piperidine rings is 1. The highest BCUT2D eigenvalue weighted by Crippen LogP contribution is 2.23. The molecular weight excluding hydrogens is 248 g/mol. The van der Waals surface area contributed by atoms with Gasteiger partial charge in [0.25, 0.3) is 0 Å². The smallest absolute Gasteiger partial charge is 0.213 e. The number of hydrogen-bond donors (Lipinski definition) is 2. The van der Waals surface area contributed by atoms with Crippen LogP contribution in [0, 0.1) is 5.92 Å². The van der Waals surface area contributed by atoms with Gasteiger partial charge >= 0.3 is 0 Å². The third-order valence-corrected chi connectivity index (χ3v) is 5.43. The number of nitrogens with two attached hydrogens (primary N) is 1. The first-order valence-electron chi connectivity index (χ1n) is 7.22. The van der Waals surface area contributed by atoms with Crippen molar-refractivity contribution in [3.8, 4) is 0 Å². The Morgan fingerprint density at radius 1 is 1.33 bits per heavy atom. The van der Waals surface area contributed by atoms with E-state index >= 15 is 0 Å². The lowest BCUT2D eigenvalue weighted by molar-refractivity contribution is 0.307. The summed E-state index contributed by atoms with van der Waals surface area (Å²) in [6, 6.07) is 0.477. The van der Waals surface area contributed by atoms with Crippen molar-refractivity contribution in [1.82, 2.24) is 5.32 Å². The van der Waals surface area contributed by atoms with Gasteiger partial charge in [0.05, 0.1) is 5.25 Å². The van der Waals surface area contributed by atoms with E-state index in [2.05, 4.69) is 19.2 Å². The normalized spacial score (nSPS) is 27.1. The van der Waals surface area contributed by atoms with Crippen molar-refractivity contribution < 1.29 is 8.42 Å². The predicted octanol–water partition coefficient (Wildman–Crippen LogP) is 2.00. The van der Waals surface area contributed by atoms with Crippen LogP contribution in [0.3, 0.4) is 0 Å². The largest absolute Gasteiger partial charge is 0.313 e. The van der Waals surface area contributed by atoms with Gasteiger partial charge in [0, 0.05) is 12.6 Å². The van der Waals surface area contributed by atoms with E-state index in [0.29, 0.717) is 19.0 Å². The first-order chi connectivity index (χ1) is 8.47. The molecule has 1 aliphatic rings. The molecule has 108 valence electrons. The lowest BCUT2D eigenvalue weighted by Crippen LogP contribution is -2.47. The minimum absolute atomic E-state index is 0.385. The molecule has 0 aromatic heterocycles. The minimum atomic E-state index is -3.36. The van der Waals surface area contributed by atoms with Crippen molar-refractivity contribution in [1.29, 1.82) is 0 Å². The fourth-order valence-corrected chi connectivity index (χ4v) is 3.55. The molecule has 1 fully saturated rings. The molecule has 1 saturated heterocycles. The second-order valence-electron chi connectivity index (χ2n) is 5.55. The van der Waals surface area contributed by atoms with Crippen molar-refractivity contribution in [2.75, 3.05) is 6.54 Å². The molecule has 0 aromatic rings. The van der Waals surface area contributed by atoms with Crippen LogP contribution in [0.4, 0.5) is 0 Å². The SMILES string of the molecule is CCCCC(CC)CC1CCC(S(N)(=O)=O)CN1. The first-order valence-corrected chi connectivity index (χ1v) is 8.83. The van der Waals surface area contributed by atoms with Crippen LogP contribution in [0.5, 0.6) is 0 Å². The van der Waals surface area contributed by atoms with Crippen LogP contribution in [0.2, 0.25) is 0 Å². The monoisotopic (exact) mass is 276 g/mol. The van der Waals surface area contributed by atoms with Crippen molar-refractivity contribution in [2.45, 2.75) is 70.1 Å². The molecule has 0 aromatic carbocycles. The van der Waals surface area contributed by atoms with E-state index in [4.69, 9.17) is 5.14 Å². The Morgan fingerprint density at radius 3 is 2.50 bits per heavy atom. The lowest BCUT2D eigenvalue weighted by atomic mass is 9.89. The average Bonchev–Trinajstić information content (AvgIpc) is 2.34. The summed E-state index contributed by atoms with van der Waals surface area (Å²) in [6.07, 6.45) is 7.88. The zero-order valence-corrected chi connectivity index (χ0v) is 12.5. The van der Waals surface area contributed by atoms with Gasteiger partial charge in [0.15, 0.2) is 0 Å². The molecule has 1 aliphatic heterocycles. The molecule has 0 bridgehead atoms. The van der Waals surface area contributed by atoms with Crippen LogP contribution < -0.4 is 10.5 Å². The molecule has 18 heavy (non-hydrogen) atoms. The Bertz CT molecular complexity index is 322. The summed E-state index contributed by atoms with van der Waals surface area (Å²) < 4.78 is 22.5. The summed E-state index contributed by atoms with van der Waals surface area (Å²) in [5, 5.41) is 8.15. The van der Waals surface area contributed by atoms with E-state index in [1.807, 2.05) is 0 Å². The van der Waals surface area contributed by atoms with Gasteiger partial charge in [-0.3, -0.25) is 0 Å². The highest BCUT2D eigenvalue weighted by Gasteiger charge is 2.28. The molecule has 0 radical (unpaired) electrons. The number of rotatable bonds is 7. The van der Waals surface area contributed by atoms with Gasteiger partial charge in [-0.25, -0.2) is 13.6 Å². The molecule has 4 nitrogen and oxygen atoms in total. The van der Waals surface area contributed by atoms with Crippen LogP contribution >= 0.6 is 0 Å². The third-order valence-electron chi connectivity index (χ3n) is 4.10. The zero-order chi connectivity index (χ0) is 13.6. The lowest BCUT2D eigenvalue weighted by Gasteiger charge is -2.31. The van der Waals surface area contributed by atoms with Gasteiger partial charge in [-0.2, -0.15) is 0 Å². The number of sulfonamides is 1. The molecule has 0 spiro atoms. The Kier molecular flexibility index (Phi) is 6.60. The molecule has 1 heterocycles. The van der Waals surface area contributed by atoms with Gasteiger partial charge in [0.2, 0.25) is 10.0 Å². The summed E-state index contributed by atoms with van der Waals surface area (Å²) in [4.78, 5) is 0. The Morgan fingerprint density at radius 2 is 2.06 bits per heavy atom. The molecule has 3 atom stereocenters. The molecule has 0 aliphatic carbocycles. The van der Waals surface area contributed by atoms with Crippen LogP contribution in [-0.2, 0) is 10.0 Å². The summed E-state index contributed by atoms with van der Waals surface area (Å²) in [5.41, 5.74) is 0. The number of nitrogens with one attached hydrogen (secondary N) is 1. The molecule has 1 rings (SSSR count). The van der Waals surface area contributed by atoms with Gasteiger partial charge in [-0.1, -0.05) is 39.5 Å². The van der Waals surface area contributed by atoms with E-state index < -0.39 is 10.0 Å². The maximum atomic E-state index is 11.3. The number of unbranched alkanes of at least 4 members (excludes halogenated alkanes) is 1. The summed E-state index contributed by atoms with van der Waals surface area (Å²) >= 11 is 0. The Hall–Kier alpha value is -0.130. The molecule has 0 amide bonds. The van der Waals surface area contributed by atoms with E-state index in [0.717, 1.165) is 12.3 Å². The van der Waals surface area contributed by atoms with Crippen molar-refractivity contribution in [3.63, 3.8) is 0 Å². The third kappa shape index (κ3) is 5.24. The zero-order valence-electron chi connectivity index (χ0n) is 11.7. The van der Waals surface area contributed by atoms with E-state index in [1.54, 1.807) is 0 Å². The molecule has 3 N–H and O–H groups in total. The van der Waals surface area contributed by atoms with Crippen LogP contribution in [0.1, 0.15) is 58.8 Å².